The van der Waals surface area contributed by atoms with E-state index in [1.165, 1.54) is 11.1 Å². The number of fused-ring (bicyclic) bond motifs is 1. The Bertz CT molecular complexity index is 944. The molecule has 1 heterocycles. The third-order valence-corrected chi connectivity index (χ3v) is 11.2. The second-order valence-electron chi connectivity index (χ2n) is 9.38. The number of nitrogens with zero attached hydrogens (tertiary/aromatic N) is 1. The Balaban J connectivity index is 2.02. The lowest BCUT2D eigenvalue weighted by atomic mass is 9.94. The van der Waals surface area contributed by atoms with Gasteiger partial charge >= 0.3 is 0 Å². The molecular formula is C24H30ClNOSSi. The van der Waals surface area contributed by atoms with E-state index in [-0.39, 0.29) is 11.1 Å². The van der Waals surface area contributed by atoms with Crippen LogP contribution in [-0.4, -0.2) is 31.5 Å². The molecule has 2 aromatic carbocycles. The largest absolute Gasteiger partial charge is 0.414 e. The summed E-state index contributed by atoms with van der Waals surface area (Å²) >= 11 is 12.0. The molecule has 2 nitrogen and oxygen atoms in total. The lowest BCUT2D eigenvalue weighted by Crippen LogP contribution is -2.43. The van der Waals surface area contributed by atoms with E-state index in [1.54, 1.807) is 0 Å². The van der Waals surface area contributed by atoms with Gasteiger partial charge in [0.15, 0.2) is 8.32 Å². The first-order valence-corrected chi connectivity index (χ1v) is 13.8. The summed E-state index contributed by atoms with van der Waals surface area (Å²) in [5.41, 5.74) is 5.63. The molecule has 5 heteroatoms. The highest BCUT2D eigenvalue weighted by Gasteiger charge is 2.38. The van der Waals surface area contributed by atoms with Crippen molar-refractivity contribution in [2.45, 2.75) is 58.3 Å². The Morgan fingerprint density at radius 3 is 2.41 bits per heavy atom. The average Bonchev–Trinajstić information content (AvgIpc) is 2.76. The minimum atomic E-state index is -1.88. The Morgan fingerprint density at radius 1 is 1.14 bits per heavy atom. The predicted molar refractivity (Wildman–Crippen MR) is 132 cm³/mol. The van der Waals surface area contributed by atoms with E-state index in [0.717, 1.165) is 33.1 Å². The summed E-state index contributed by atoms with van der Waals surface area (Å²) in [5.74, 6) is 0. The number of aryl methyl sites for hydroxylation is 1. The quantitative estimate of drug-likeness (QED) is 0.382. The number of rotatable bonds is 4. The van der Waals surface area contributed by atoms with Crippen LogP contribution in [0.3, 0.4) is 0 Å². The summed E-state index contributed by atoms with van der Waals surface area (Å²) in [6.45, 7) is 14.0. The van der Waals surface area contributed by atoms with Gasteiger partial charge in [-0.1, -0.05) is 74.4 Å². The van der Waals surface area contributed by atoms with E-state index in [4.69, 9.17) is 33.2 Å². The lowest BCUT2D eigenvalue weighted by molar-refractivity contribution is 0.284. The maximum Gasteiger partial charge on any atom is 0.192 e. The van der Waals surface area contributed by atoms with Gasteiger partial charge in [0.1, 0.15) is 6.04 Å². The number of aliphatic imine (C=N–C) groups is 1. The van der Waals surface area contributed by atoms with Crippen molar-refractivity contribution in [1.82, 2.24) is 0 Å². The van der Waals surface area contributed by atoms with Gasteiger partial charge < -0.3 is 4.43 Å². The average molecular weight is 444 g/mol. The van der Waals surface area contributed by atoms with E-state index >= 15 is 0 Å². The van der Waals surface area contributed by atoms with Gasteiger partial charge in [-0.15, -0.1) is 0 Å². The first-order chi connectivity index (χ1) is 13.5. The molecule has 0 fully saturated rings. The van der Waals surface area contributed by atoms with Gasteiger partial charge in [-0.05, 0) is 48.8 Å². The molecule has 0 saturated carbocycles. The molecular weight excluding hydrogens is 414 g/mol. The van der Waals surface area contributed by atoms with Gasteiger partial charge in [0.25, 0.3) is 0 Å². The third-order valence-electron chi connectivity index (χ3n) is 6.07. The van der Waals surface area contributed by atoms with Crippen LogP contribution in [0.25, 0.3) is 0 Å². The van der Waals surface area contributed by atoms with Crippen LogP contribution in [0.5, 0.6) is 0 Å². The summed E-state index contributed by atoms with van der Waals surface area (Å²) in [5, 5.41) is 0.878. The fraction of sp³-hybridized carbons (Fsp3) is 0.417. The summed E-state index contributed by atoms with van der Waals surface area (Å²) < 4.78 is 6.51. The smallest absolute Gasteiger partial charge is 0.192 e. The Kier molecular flexibility index (Phi) is 6.49. The molecule has 0 aromatic heterocycles. The second-order valence-corrected chi connectivity index (χ2v) is 15.1. The molecule has 1 atom stereocenters. The number of benzene rings is 2. The van der Waals surface area contributed by atoms with Crippen molar-refractivity contribution >= 4 is 42.7 Å². The topological polar surface area (TPSA) is 21.6 Å². The summed E-state index contributed by atoms with van der Waals surface area (Å²) in [6.07, 6.45) is 0.747. The van der Waals surface area contributed by atoms with E-state index in [9.17, 15) is 0 Å². The van der Waals surface area contributed by atoms with Crippen LogP contribution in [0.1, 0.15) is 43.0 Å². The van der Waals surface area contributed by atoms with Crippen LogP contribution in [-0.2, 0) is 10.8 Å². The Hall–Kier alpha value is -1.33. The SMILES string of the molecule is Cc1ccc2c(c1)C(c1ccc(Cl)cc1)=N[C@@H](CO[Si](C)(C)C(C)(C)C)C(=S)C2. The minimum absolute atomic E-state index is 0.127. The van der Waals surface area contributed by atoms with Gasteiger partial charge in [-0.2, -0.15) is 0 Å². The first kappa shape index (κ1) is 22.4. The van der Waals surface area contributed by atoms with Crippen LogP contribution in [0.2, 0.25) is 23.2 Å². The van der Waals surface area contributed by atoms with Crippen molar-refractivity contribution in [1.29, 1.82) is 0 Å². The maximum atomic E-state index is 6.51. The van der Waals surface area contributed by atoms with Gasteiger partial charge in [0, 0.05) is 27.4 Å². The van der Waals surface area contributed by atoms with Crippen molar-refractivity contribution < 1.29 is 4.43 Å². The van der Waals surface area contributed by atoms with Crippen LogP contribution >= 0.6 is 23.8 Å². The molecule has 29 heavy (non-hydrogen) atoms. The second kappa shape index (κ2) is 8.42. The predicted octanol–water partition coefficient (Wildman–Crippen LogP) is 6.80. The van der Waals surface area contributed by atoms with Gasteiger partial charge in [0.2, 0.25) is 0 Å². The van der Waals surface area contributed by atoms with Crippen LogP contribution < -0.4 is 0 Å². The lowest BCUT2D eigenvalue weighted by Gasteiger charge is -2.37. The molecule has 0 saturated heterocycles. The molecule has 2 aromatic rings. The van der Waals surface area contributed by atoms with Gasteiger partial charge in [-0.25, -0.2) is 0 Å². The highest BCUT2D eigenvalue weighted by Crippen LogP contribution is 2.37. The fourth-order valence-electron chi connectivity index (χ4n) is 3.14. The molecule has 0 N–H and O–H groups in total. The molecule has 1 aliphatic rings. The van der Waals surface area contributed by atoms with Crippen molar-refractivity contribution in [3.63, 3.8) is 0 Å². The zero-order chi connectivity index (χ0) is 21.4. The monoisotopic (exact) mass is 443 g/mol. The van der Waals surface area contributed by atoms with Crippen LogP contribution in [0.4, 0.5) is 0 Å². The van der Waals surface area contributed by atoms with Gasteiger partial charge in [0.05, 0.1) is 12.3 Å². The molecule has 0 aliphatic carbocycles. The van der Waals surface area contributed by atoms with Crippen LogP contribution in [0.15, 0.2) is 47.5 Å². The highest BCUT2D eigenvalue weighted by molar-refractivity contribution is 7.80. The number of hydrogen-bond donors (Lipinski definition) is 0. The zero-order valence-electron chi connectivity index (χ0n) is 18.2. The Labute approximate surface area is 186 Å². The molecule has 3 rings (SSSR count). The number of halogens is 1. The van der Waals surface area contributed by atoms with E-state index < -0.39 is 8.32 Å². The molecule has 0 bridgehead atoms. The first-order valence-electron chi connectivity index (χ1n) is 10.1. The fourth-order valence-corrected chi connectivity index (χ4v) is 4.55. The summed E-state index contributed by atoms with van der Waals surface area (Å²) in [6, 6.07) is 14.3. The summed E-state index contributed by atoms with van der Waals surface area (Å²) in [4.78, 5) is 6.10. The standard InChI is InChI=1S/C24H30ClNOSSi/c1-16-7-8-18-14-22(28)21(15-27-29(5,6)24(2,3)4)26-23(20(18)13-16)17-9-11-19(25)12-10-17/h7-13,21H,14-15H2,1-6H3/t21-/m0/s1. The van der Waals surface area contributed by atoms with Gasteiger partial charge in [-0.3, -0.25) is 4.99 Å². The molecule has 1 aliphatic heterocycles. The zero-order valence-corrected chi connectivity index (χ0v) is 20.7. The maximum absolute atomic E-state index is 6.51. The number of hydrogen-bond acceptors (Lipinski definition) is 3. The van der Waals surface area contributed by atoms with Crippen LogP contribution in [0, 0.1) is 6.92 Å². The summed E-state index contributed by atoms with van der Waals surface area (Å²) in [7, 11) is -1.88. The Morgan fingerprint density at radius 2 is 1.79 bits per heavy atom. The van der Waals surface area contributed by atoms with Crippen molar-refractivity contribution in [2.24, 2.45) is 4.99 Å². The highest BCUT2D eigenvalue weighted by atomic mass is 35.5. The van der Waals surface area contributed by atoms with Crippen molar-refractivity contribution in [3.8, 4) is 0 Å². The molecule has 0 unspecified atom stereocenters. The normalized spacial score (nSPS) is 17.6. The van der Waals surface area contributed by atoms with Crippen molar-refractivity contribution in [2.75, 3.05) is 6.61 Å². The number of thiocarbonyl (C=S) groups is 1. The molecule has 154 valence electrons. The van der Waals surface area contributed by atoms with E-state index in [0.29, 0.717) is 6.61 Å². The molecule has 0 spiro atoms. The third kappa shape index (κ3) is 5.05. The molecule has 0 amide bonds. The van der Waals surface area contributed by atoms with E-state index in [1.807, 2.05) is 24.3 Å². The minimum Gasteiger partial charge on any atom is -0.414 e. The molecule has 0 radical (unpaired) electrons. The van der Waals surface area contributed by atoms with E-state index in [2.05, 4.69) is 59.0 Å². The van der Waals surface area contributed by atoms with Crippen molar-refractivity contribution in [3.05, 3.63) is 69.7 Å².